The van der Waals surface area contributed by atoms with Gasteiger partial charge in [-0.25, -0.2) is 0 Å². The first kappa shape index (κ1) is 13.9. The van der Waals surface area contributed by atoms with Crippen LogP contribution in [0.2, 0.25) is 0 Å². The van der Waals surface area contributed by atoms with E-state index in [1.807, 2.05) is 6.92 Å². The van der Waals surface area contributed by atoms with Crippen molar-refractivity contribution < 1.29 is 17.9 Å². The number of benzene rings is 1. The molecule has 3 rings (SSSR count). The molecule has 0 aliphatic carbocycles. The van der Waals surface area contributed by atoms with Gasteiger partial charge in [0.1, 0.15) is 0 Å². The van der Waals surface area contributed by atoms with Gasteiger partial charge in [0.15, 0.2) is 0 Å². The lowest BCUT2D eigenvalue weighted by molar-refractivity contribution is -0.137. The molecule has 110 valence electrons. The molecule has 4 atom stereocenters. The van der Waals surface area contributed by atoms with Crippen molar-refractivity contribution in [2.75, 3.05) is 0 Å². The average Bonchev–Trinajstić information content (AvgIpc) is 3.00. The fourth-order valence-corrected chi connectivity index (χ4v) is 3.19. The lowest BCUT2D eigenvalue weighted by atomic mass is 9.94. The minimum atomic E-state index is -4.27. The topological polar surface area (TPSA) is 21.3 Å². The van der Waals surface area contributed by atoms with Crippen LogP contribution in [0, 0.1) is 0 Å². The summed E-state index contributed by atoms with van der Waals surface area (Å²) in [4.78, 5) is 0. The maximum absolute atomic E-state index is 12.5. The van der Waals surface area contributed by atoms with Gasteiger partial charge in [-0.1, -0.05) is 12.1 Å². The summed E-state index contributed by atoms with van der Waals surface area (Å²) in [5, 5.41) is 3.48. The van der Waals surface area contributed by atoms with Crippen LogP contribution in [0.5, 0.6) is 0 Å². The molecule has 1 N–H and O–H groups in total. The Balaban J connectivity index is 1.64. The number of ether oxygens (including phenoxy) is 1. The molecule has 2 heterocycles. The first-order chi connectivity index (χ1) is 9.43. The molecule has 1 aromatic rings. The number of alkyl halides is 3. The van der Waals surface area contributed by atoms with E-state index in [0.717, 1.165) is 37.0 Å². The number of fused-ring (bicyclic) bond motifs is 2. The molecule has 4 unspecified atom stereocenters. The van der Waals surface area contributed by atoms with Crippen LogP contribution in [0.25, 0.3) is 0 Å². The Hall–Kier alpha value is -1.07. The maximum Gasteiger partial charge on any atom is 0.416 e. The van der Waals surface area contributed by atoms with Crippen molar-refractivity contribution >= 4 is 0 Å². The number of halogens is 3. The Morgan fingerprint density at radius 2 is 1.90 bits per heavy atom. The zero-order chi connectivity index (χ0) is 14.3. The summed E-state index contributed by atoms with van der Waals surface area (Å²) in [5.41, 5.74) is 0.275. The summed E-state index contributed by atoms with van der Waals surface area (Å²) in [6.07, 6.45) is -0.391. The van der Waals surface area contributed by atoms with Gasteiger partial charge in [-0.2, -0.15) is 13.2 Å². The molecule has 5 heteroatoms. The second kappa shape index (κ2) is 5.04. The normalized spacial score (nSPS) is 30.7. The maximum atomic E-state index is 12.5. The molecule has 0 spiro atoms. The zero-order valence-corrected chi connectivity index (χ0v) is 11.3. The van der Waals surface area contributed by atoms with Gasteiger partial charge in [0.25, 0.3) is 0 Å². The number of nitrogens with one attached hydrogen (secondary N) is 1. The quantitative estimate of drug-likeness (QED) is 0.914. The molecule has 0 radical (unpaired) electrons. The molecule has 2 aliphatic heterocycles. The third-order valence-corrected chi connectivity index (χ3v) is 4.31. The summed E-state index contributed by atoms with van der Waals surface area (Å²) in [7, 11) is 0. The predicted octanol–water partition coefficient (Wildman–Crippen LogP) is 3.68. The molecular weight excluding hydrogens is 267 g/mol. The van der Waals surface area contributed by atoms with Crippen LogP contribution in [0.4, 0.5) is 13.2 Å². The molecule has 1 aromatic carbocycles. The summed E-state index contributed by atoms with van der Waals surface area (Å²) < 4.78 is 43.3. The summed E-state index contributed by atoms with van der Waals surface area (Å²) in [5.74, 6) is 0. The largest absolute Gasteiger partial charge is 0.416 e. The van der Waals surface area contributed by atoms with Crippen LogP contribution in [0.15, 0.2) is 24.3 Å². The number of hydrogen-bond acceptors (Lipinski definition) is 2. The molecule has 2 saturated heterocycles. The molecular formula is C15H18F3NO. The Morgan fingerprint density at radius 3 is 2.40 bits per heavy atom. The lowest BCUT2D eigenvalue weighted by Crippen LogP contribution is -2.38. The minimum absolute atomic E-state index is 0.0326. The Kier molecular flexibility index (Phi) is 3.50. The van der Waals surface area contributed by atoms with Crippen LogP contribution < -0.4 is 5.32 Å². The molecule has 20 heavy (non-hydrogen) atoms. The predicted molar refractivity (Wildman–Crippen MR) is 69.3 cm³/mol. The molecule has 2 fully saturated rings. The highest BCUT2D eigenvalue weighted by atomic mass is 19.4. The highest BCUT2D eigenvalue weighted by Crippen LogP contribution is 2.35. The van der Waals surface area contributed by atoms with Gasteiger partial charge in [-0.3, -0.25) is 0 Å². The summed E-state index contributed by atoms with van der Waals surface area (Å²) in [6.45, 7) is 1.98. The molecule has 2 aliphatic rings. The fourth-order valence-electron chi connectivity index (χ4n) is 3.19. The monoisotopic (exact) mass is 285 g/mol. The molecule has 0 amide bonds. The van der Waals surface area contributed by atoms with Crippen LogP contribution in [0.1, 0.15) is 43.4 Å². The lowest BCUT2D eigenvalue weighted by Gasteiger charge is -2.25. The smallest absolute Gasteiger partial charge is 0.373 e. The third kappa shape index (κ3) is 2.69. The SMILES string of the molecule is CC(NC1CC2CCC1O2)c1ccc(C(F)(F)F)cc1. The first-order valence-corrected chi connectivity index (χ1v) is 7.02. The second-order valence-electron chi connectivity index (χ2n) is 5.72. The van der Waals surface area contributed by atoms with Crippen molar-refractivity contribution in [3.63, 3.8) is 0 Å². The van der Waals surface area contributed by atoms with E-state index >= 15 is 0 Å². The van der Waals surface area contributed by atoms with E-state index in [-0.39, 0.29) is 12.1 Å². The van der Waals surface area contributed by atoms with E-state index < -0.39 is 11.7 Å². The van der Waals surface area contributed by atoms with Gasteiger partial charge < -0.3 is 10.1 Å². The van der Waals surface area contributed by atoms with Crippen molar-refractivity contribution in [1.29, 1.82) is 0 Å². The van der Waals surface area contributed by atoms with E-state index in [9.17, 15) is 13.2 Å². The highest BCUT2D eigenvalue weighted by Gasteiger charge is 2.41. The minimum Gasteiger partial charge on any atom is -0.373 e. The average molecular weight is 285 g/mol. The van der Waals surface area contributed by atoms with E-state index in [1.165, 1.54) is 0 Å². The standard InChI is InChI=1S/C15H18F3NO/c1-9(19-13-8-12-6-7-14(13)20-12)10-2-4-11(5-3-10)15(16,17)18/h2-5,9,12-14,19H,6-8H2,1H3. The van der Waals surface area contributed by atoms with Crippen molar-refractivity contribution in [1.82, 2.24) is 5.32 Å². The van der Waals surface area contributed by atoms with E-state index in [2.05, 4.69) is 5.32 Å². The van der Waals surface area contributed by atoms with Crippen molar-refractivity contribution in [2.45, 2.75) is 56.7 Å². The Bertz CT molecular complexity index is 471. The summed E-state index contributed by atoms with van der Waals surface area (Å²) in [6, 6.07) is 5.75. The van der Waals surface area contributed by atoms with Gasteiger partial charge >= 0.3 is 6.18 Å². The molecule has 0 aromatic heterocycles. The molecule has 2 bridgehead atoms. The zero-order valence-electron chi connectivity index (χ0n) is 11.3. The number of hydrogen-bond donors (Lipinski definition) is 1. The van der Waals surface area contributed by atoms with Gasteiger partial charge in [0, 0.05) is 12.1 Å². The Morgan fingerprint density at radius 1 is 1.20 bits per heavy atom. The summed E-state index contributed by atoms with van der Waals surface area (Å²) >= 11 is 0. The van der Waals surface area contributed by atoms with E-state index in [1.54, 1.807) is 12.1 Å². The first-order valence-electron chi connectivity index (χ1n) is 7.02. The van der Waals surface area contributed by atoms with Gasteiger partial charge in [-0.15, -0.1) is 0 Å². The van der Waals surface area contributed by atoms with E-state index in [4.69, 9.17) is 4.74 Å². The third-order valence-electron chi connectivity index (χ3n) is 4.31. The van der Waals surface area contributed by atoms with Crippen LogP contribution in [-0.4, -0.2) is 18.2 Å². The van der Waals surface area contributed by atoms with Crippen LogP contribution in [-0.2, 0) is 10.9 Å². The molecule has 2 nitrogen and oxygen atoms in total. The second-order valence-corrected chi connectivity index (χ2v) is 5.72. The van der Waals surface area contributed by atoms with Gasteiger partial charge in [0.2, 0.25) is 0 Å². The van der Waals surface area contributed by atoms with Crippen molar-refractivity contribution in [2.24, 2.45) is 0 Å². The van der Waals surface area contributed by atoms with Crippen molar-refractivity contribution in [3.05, 3.63) is 35.4 Å². The van der Waals surface area contributed by atoms with Crippen LogP contribution >= 0.6 is 0 Å². The Labute approximate surface area is 116 Å². The molecule has 0 saturated carbocycles. The van der Waals surface area contributed by atoms with Gasteiger partial charge in [0.05, 0.1) is 17.8 Å². The fraction of sp³-hybridized carbons (Fsp3) is 0.600. The van der Waals surface area contributed by atoms with Gasteiger partial charge in [-0.05, 0) is 43.9 Å². The van der Waals surface area contributed by atoms with Crippen LogP contribution in [0.3, 0.4) is 0 Å². The van der Waals surface area contributed by atoms with E-state index in [0.29, 0.717) is 12.1 Å². The number of rotatable bonds is 3. The highest BCUT2D eigenvalue weighted by molar-refractivity contribution is 5.26. The van der Waals surface area contributed by atoms with Crippen molar-refractivity contribution in [3.8, 4) is 0 Å².